The fourth-order valence-electron chi connectivity index (χ4n) is 1.73. The van der Waals surface area contributed by atoms with Crippen molar-refractivity contribution in [2.75, 3.05) is 20.7 Å². The van der Waals surface area contributed by atoms with Crippen molar-refractivity contribution in [1.29, 1.82) is 0 Å². The quantitative estimate of drug-likeness (QED) is 0.682. The second-order valence-electron chi connectivity index (χ2n) is 4.02. The summed E-state index contributed by atoms with van der Waals surface area (Å²) in [6.07, 6.45) is 7.05. The lowest BCUT2D eigenvalue weighted by atomic mass is 10.00. The molecule has 2 fully saturated rings. The SMILES string of the molecule is CN1CCCC1=O.CO.O=C1CCCCC1. The number of aliphatic hydroxyl groups is 1. The van der Waals surface area contributed by atoms with Gasteiger partial charge in [0.1, 0.15) is 5.78 Å². The molecular weight excluding hydrogens is 206 g/mol. The maximum Gasteiger partial charge on any atom is 0.222 e. The van der Waals surface area contributed by atoms with E-state index in [2.05, 4.69) is 0 Å². The molecule has 0 aromatic heterocycles. The summed E-state index contributed by atoms with van der Waals surface area (Å²) in [6, 6.07) is 0. The van der Waals surface area contributed by atoms with Gasteiger partial charge >= 0.3 is 0 Å². The maximum absolute atomic E-state index is 10.5. The maximum atomic E-state index is 10.5. The van der Waals surface area contributed by atoms with Crippen LogP contribution in [0.2, 0.25) is 0 Å². The van der Waals surface area contributed by atoms with Crippen LogP contribution in [-0.2, 0) is 9.59 Å². The number of aliphatic hydroxyl groups excluding tert-OH is 1. The summed E-state index contributed by atoms with van der Waals surface area (Å²) in [5, 5.41) is 7.00. The molecule has 1 heterocycles. The highest BCUT2D eigenvalue weighted by molar-refractivity contribution is 5.78. The second kappa shape index (κ2) is 9.33. The van der Waals surface area contributed by atoms with Crippen LogP contribution in [0.15, 0.2) is 0 Å². The predicted molar refractivity (Wildman–Crippen MR) is 63.1 cm³/mol. The first-order chi connectivity index (χ1) is 7.70. The minimum Gasteiger partial charge on any atom is -0.400 e. The fourth-order valence-corrected chi connectivity index (χ4v) is 1.73. The summed E-state index contributed by atoms with van der Waals surface area (Å²) < 4.78 is 0. The van der Waals surface area contributed by atoms with Gasteiger partial charge in [-0.1, -0.05) is 6.42 Å². The van der Waals surface area contributed by atoms with Crippen molar-refractivity contribution >= 4 is 11.7 Å². The molecule has 1 aliphatic carbocycles. The number of likely N-dealkylation sites (tertiary alicyclic amines) is 1. The second-order valence-corrected chi connectivity index (χ2v) is 4.02. The highest BCUT2D eigenvalue weighted by Gasteiger charge is 2.14. The van der Waals surface area contributed by atoms with E-state index < -0.39 is 0 Å². The molecule has 0 atom stereocenters. The molecule has 1 saturated heterocycles. The Balaban J connectivity index is 0.000000244. The molecule has 4 nitrogen and oxygen atoms in total. The van der Waals surface area contributed by atoms with Crippen molar-refractivity contribution in [3.8, 4) is 0 Å². The first-order valence-corrected chi connectivity index (χ1v) is 5.90. The van der Waals surface area contributed by atoms with Crippen LogP contribution in [0.5, 0.6) is 0 Å². The molecule has 1 saturated carbocycles. The number of ketones is 1. The lowest BCUT2D eigenvalue weighted by molar-refractivity contribution is -0.126. The van der Waals surface area contributed by atoms with Gasteiger partial charge in [-0.05, 0) is 19.3 Å². The number of carbonyl (C=O) groups is 2. The monoisotopic (exact) mass is 229 g/mol. The number of Topliss-reactive ketones (excluding diaryl/α,β-unsaturated/α-hetero) is 1. The molecule has 0 unspecified atom stereocenters. The third-order valence-corrected chi connectivity index (χ3v) is 2.72. The van der Waals surface area contributed by atoms with Crippen molar-refractivity contribution in [3.05, 3.63) is 0 Å². The molecule has 0 bridgehead atoms. The molecule has 1 amide bonds. The number of hydrogen-bond donors (Lipinski definition) is 1. The Morgan fingerprint density at radius 2 is 1.50 bits per heavy atom. The van der Waals surface area contributed by atoms with E-state index in [4.69, 9.17) is 5.11 Å². The average molecular weight is 229 g/mol. The third kappa shape index (κ3) is 6.56. The molecule has 0 aromatic rings. The van der Waals surface area contributed by atoms with E-state index >= 15 is 0 Å². The van der Waals surface area contributed by atoms with E-state index in [9.17, 15) is 9.59 Å². The fraction of sp³-hybridized carbons (Fsp3) is 0.833. The first-order valence-electron chi connectivity index (χ1n) is 5.90. The van der Waals surface area contributed by atoms with Gasteiger partial charge in [-0.15, -0.1) is 0 Å². The summed E-state index contributed by atoms with van der Waals surface area (Å²) in [6.45, 7) is 0.957. The van der Waals surface area contributed by atoms with Crippen molar-refractivity contribution in [2.24, 2.45) is 0 Å². The Labute approximate surface area is 97.6 Å². The molecule has 4 heteroatoms. The van der Waals surface area contributed by atoms with Crippen molar-refractivity contribution in [1.82, 2.24) is 4.90 Å². The van der Waals surface area contributed by atoms with Crippen LogP contribution in [0.25, 0.3) is 0 Å². The van der Waals surface area contributed by atoms with Crippen molar-refractivity contribution < 1.29 is 14.7 Å². The molecule has 2 rings (SSSR count). The minimum absolute atomic E-state index is 0.292. The van der Waals surface area contributed by atoms with Crippen LogP contribution in [0, 0.1) is 0 Å². The van der Waals surface area contributed by atoms with Crippen LogP contribution in [0.1, 0.15) is 44.9 Å². The Kier molecular flexibility index (Phi) is 8.81. The number of amides is 1. The lowest BCUT2D eigenvalue weighted by Gasteiger charge is -2.05. The Morgan fingerprint density at radius 1 is 0.938 bits per heavy atom. The van der Waals surface area contributed by atoms with Crippen molar-refractivity contribution in [3.63, 3.8) is 0 Å². The number of rotatable bonds is 0. The number of hydrogen-bond acceptors (Lipinski definition) is 3. The van der Waals surface area contributed by atoms with E-state index in [1.54, 1.807) is 4.90 Å². The molecule has 0 aromatic carbocycles. The van der Waals surface area contributed by atoms with Gasteiger partial charge < -0.3 is 10.0 Å². The van der Waals surface area contributed by atoms with Gasteiger partial charge in [-0.2, -0.15) is 0 Å². The molecular formula is C12H23NO3. The minimum atomic E-state index is 0.292. The van der Waals surface area contributed by atoms with Crippen molar-refractivity contribution in [2.45, 2.75) is 44.9 Å². The van der Waals surface area contributed by atoms with E-state index in [0.717, 1.165) is 52.2 Å². The van der Waals surface area contributed by atoms with Gasteiger partial charge in [0.25, 0.3) is 0 Å². The first kappa shape index (κ1) is 15.1. The van der Waals surface area contributed by atoms with E-state index in [1.165, 1.54) is 6.42 Å². The average Bonchev–Trinajstić information content (AvgIpc) is 2.68. The third-order valence-electron chi connectivity index (χ3n) is 2.72. The molecule has 2 aliphatic rings. The van der Waals surface area contributed by atoms with Crippen LogP contribution in [-0.4, -0.2) is 42.4 Å². The summed E-state index contributed by atoms with van der Waals surface area (Å²) >= 11 is 0. The Hall–Kier alpha value is -0.900. The summed E-state index contributed by atoms with van der Waals surface area (Å²) in [5.74, 6) is 0.756. The summed E-state index contributed by atoms with van der Waals surface area (Å²) in [7, 11) is 2.84. The summed E-state index contributed by atoms with van der Waals surface area (Å²) in [5.41, 5.74) is 0. The zero-order chi connectivity index (χ0) is 12.4. The molecule has 0 spiro atoms. The zero-order valence-electron chi connectivity index (χ0n) is 10.4. The van der Waals surface area contributed by atoms with Gasteiger partial charge in [0.2, 0.25) is 5.91 Å². The largest absolute Gasteiger partial charge is 0.400 e. The van der Waals surface area contributed by atoms with Crippen LogP contribution < -0.4 is 0 Å². The molecule has 1 N–H and O–H groups in total. The van der Waals surface area contributed by atoms with Crippen LogP contribution >= 0.6 is 0 Å². The Morgan fingerprint density at radius 3 is 1.69 bits per heavy atom. The van der Waals surface area contributed by atoms with Gasteiger partial charge in [0.05, 0.1) is 0 Å². The normalized spacial score (nSPS) is 19.6. The molecule has 0 radical (unpaired) electrons. The van der Waals surface area contributed by atoms with Gasteiger partial charge in [-0.3, -0.25) is 9.59 Å². The smallest absolute Gasteiger partial charge is 0.222 e. The van der Waals surface area contributed by atoms with E-state index in [-0.39, 0.29) is 0 Å². The predicted octanol–water partition coefficient (Wildman–Crippen LogP) is 1.37. The van der Waals surface area contributed by atoms with Gasteiger partial charge in [0.15, 0.2) is 0 Å². The topological polar surface area (TPSA) is 57.6 Å². The van der Waals surface area contributed by atoms with E-state index in [1.807, 2.05) is 7.05 Å². The molecule has 1 aliphatic heterocycles. The number of nitrogens with zero attached hydrogens (tertiary/aromatic N) is 1. The standard InChI is InChI=1S/C6H10O.C5H9NO.CH4O/c7-6-4-2-1-3-5-6;1-6-4-2-3-5(6)7;1-2/h1-5H2;2-4H2,1H3;2H,1H3. The lowest BCUT2D eigenvalue weighted by Crippen LogP contribution is -2.17. The van der Waals surface area contributed by atoms with Crippen LogP contribution in [0.3, 0.4) is 0 Å². The summed E-state index contributed by atoms with van der Waals surface area (Å²) in [4.78, 5) is 22.7. The molecule has 16 heavy (non-hydrogen) atoms. The zero-order valence-corrected chi connectivity index (χ0v) is 10.4. The molecule has 94 valence electrons. The highest BCUT2D eigenvalue weighted by Crippen LogP contribution is 2.12. The van der Waals surface area contributed by atoms with Gasteiger partial charge in [0, 0.05) is 40.0 Å². The number of carbonyl (C=O) groups excluding carboxylic acids is 2. The van der Waals surface area contributed by atoms with E-state index in [0.29, 0.717) is 11.7 Å². The van der Waals surface area contributed by atoms with Crippen LogP contribution in [0.4, 0.5) is 0 Å². The highest BCUT2D eigenvalue weighted by atomic mass is 16.2. The van der Waals surface area contributed by atoms with Gasteiger partial charge in [-0.25, -0.2) is 0 Å². The Bertz CT molecular complexity index is 208.